The van der Waals surface area contributed by atoms with Crippen LogP contribution < -0.4 is 10.9 Å². The zero-order valence-electron chi connectivity index (χ0n) is 32.0. The SMILES string of the molecule is O=C(Cn1nc(C(F)F)c2c1C(F)(F)C1CC21)N[C@@H](Cc1cc(F)cc(F)c1)c1nc2cc(-c3c(F)cccc3F)ccc2c(=O)n1-c1ccc(S(=O)(=O)N2CCOCC2)cc1. The minimum absolute atomic E-state index is 0.0143. The van der Waals surface area contributed by atoms with Gasteiger partial charge in [0.25, 0.3) is 17.9 Å². The topological polar surface area (TPSA) is 128 Å². The molecule has 4 aromatic carbocycles. The van der Waals surface area contributed by atoms with Crippen molar-refractivity contribution in [1.29, 1.82) is 0 Å². The Balaban J connectivity index is 1.19. The van der Waals surface area contributed by atoms with Crippen molar-refractivity contribution in [2.24, 2.45) is 5.92 Å². The molecule has 0 radical (unpaired) electrons. The summed E-state index contributed by atoms with van der Waals surface area (Å²) in [6.07, 6.45) is -3.78. The number of amides is 1. The molecule has 3 aliphatic rings. The lowest BCUT2D eigenvalue weighted by molar-refractivity contribution is -0.123. The van der Waals surface area contributed by atoms with Crippen molar-refractivity contribution in [2.75, 3.05) is 26.3 Å². The predicted molar refractivity (Wildman–Crippen MR) is 205 cm³/mol. The molecule has 62 heavy (non-hydrogen) atoms. The first-order valence-electron chi connectivity index (χ1n) is 19.2. The van der Waals surface area contributed by atoms with Gasteiger partial charge in [0.05, 0.1) is 46.3 Å². The molecular weight excluding hydrogens is 853 g/mol. The fourth-order valence-electron chi connectivity index (χ4n) is 8.44. The molecule has 1 amide bonds. The highest BCUT2D eigenvalue weighted by molar-refractivity contribution is 7.89. The molecule has 322 valence electrons. The summed E-state index contributed by atoms with van der Waals surface area (Å²) in [6.45, 7) is -0.502. The molecule has 3 atom stereocenters. The van der Waals surface area contributed by atoms with Gasteiger partial charge in [-0.15, -0.1) is 0 Å². The van der Waals surface area contributed by atoms with Crippen LogP contribution in [0.4, 0.5) is 35.1 Å². The van der Waals surface area contributed by atoms with E-state index in [9.17, 15) is 44.3 Å². The Kier molecular flexibility index (Phi) is 10.3. The average Bonchev–Trinajstić information content (AvgIpc) is 3.89. The maximum absolute atomic E-state index is 15.4. The van der Waals surface area contributed by atoms with Gasteiger partial charge >= 0.3 is 0 Å². The summed E-state index contributed by atoms with van der Waals surface area (Å²) in [5.41, 5.74) is -3.63. The van der Waals surface area contributed by atoms with Crippen molar-refractivity contribution >= 4 is 26.8 Å². The number of morpholine rings is 1. The van der Waals surface area contributed by atoms with Gasteiger partial charge in [-0.05, 0) is 84.1 Å². The van der Waals surface area contributed by atoms with Crippen LogP contribution in [0.2, 0.25) is 0 Å². The van der Waals surface area contributed by atoms with Crippen LogP contribution in [0.3, 0.4) is 0 Å². The molecular formula is C42H32F8N6O5S. The van der Waals surface area contributed by atoms with Crippen LogP contribution in [0.15, 0.2) is 88.6 Å². The number of aromatic nitrogens is 4. The molecule has 2 fully saturated rings. The number of hydrogen-bond donors (Lipinski definition) is 1. The van der Waals surface area contributed by atoms with E-state index in [1.165, 1.54) is 46.8 Å². The van der Waals surface area contributed by atoms with Crippen molar-refractivity contribution in [3.63, 3.8) is 0 Å². The van der Waals surface area contributed by atoms with E-state index in [0.717, 1.165) is 34.9 Å². The van der Waals surface area contributed by atoms with Crippen molar-refractivity contribution in [3.05, 3.63) is 141 Å². The molecule has 0 spiro atoms. The standard InChI is InChI=1S/C42H32F8N6O5S/c43-23-14-21(15-24(44)18-23)16-33(51-34(57)20-55-38-36(37(53-55)39(47)48)28-19-29(28)42(38,49)50)40-52-32-17-22(35-30(45)2-1-3-31(35)46)4-9-27(32)41(58)56(40)25-5-7-26(8-6-25)62(59,60)54-10-12-61-13-11-54/h1-9,14-15,17-18,28-29,33,39H,10-13,16,19-20H2,(H,51,57)/t28?,29?,33-/m0/s1. The van der Waals surface area contributed by atoms with Gasteiger partial charge in [0, 0.05) is 37.1 Å². The molecule has 11 nitrogen and oxygen atoms in total. The van der Waals surface area contributed by atoms with Crippen LogP contribution in [-0.4, -0.2) is 64.3 Å². The Morgan fingerprint density at radius 1 is 0.919 bits per heavy atom. The number of hydrogen-bond acceptors (Lipinski definition) is 7. The number of alkyl halides is 4. The average molecular weight is 885 g/mol. The van der Waals surface area contributed by atoms with E-state index < -0.39 is 105 Å². The van der Waals surface area contributed by atoms with Crippen molar-refractivity contribution in [2.45, 2.75) is 48.6 Å². The number of rotatable bonds is 11. The predicted octanol–water partition coefficient (Wildman–Crippen LogP) is 7.07. The molecule has 1 saturated heterocycles. The number of carbonyl (C=O) groups is 1. The molecule has 2 aromatic heterocycles. The van der Waals surface area contributed by atoms with Crippen LogP contribution in [0.25, 0.3) is 27.7 Å². The van der Waals surface area contributed by atoms with Crippen LogP contribution in [-0.2, 0) is 38.4 Å². The summed E-state index contributed by atoms with van der Waals surface area (Å²) in [7, 11) is -4.03. The van der Waals surface area contributed by atoms with Crippen molar-refractivity contribution < 1.29 is 53.1 Å². The Labute approximate surface area is 346 Å². The van der Waals surface area contributed by atoms with Crippen LogP contribution in [0.5, 0.6) is 0 Å². The first-order valence-corrected chi connectivity index (χ1v) is 20.7. The fourth-order valence-corrected chi connectivity index (χ4v) is 9.85. The van der Waals surface area contributed by atoms with E-state index in [1.807, 2.05) is 0 Å². The molecule has 1 N–H and O–H groups in total. The van der Waals surface area contributed by atoms with Gasteiger partial charge in [-0.2, -0.15) is 18.2 Å². The van der Waals surface area contributed by atoms with Crippen LogP contribution >= 0.6 is 0 Å². The smallest absolute Gasteiger partial charge is 0.293 e. The third-order valence-corrected chi connectivity index (χ3v) is 13.2. The van der Waals surface area contributed by atoms with Gasteiger partial charge in [-0.3, -0.25) is 18.8 Å². The second kappa shape index (κ2) is 15.4. The largest absolute Gasteiger partial charge is 0.379 e. The van der Waals surface area contributed by atoms with Gasteiger partial charge in [-0.25, -0.2) is 39.7 Å². The van der Waals surface area contributed by atoms with Gasteiger partial charge in [0.1, 0.15) is 47.0 Å². The Bertz CT molecular complexity index is 2920. The normalized spacial score (nSPS) is 18.8. The molecule has 9 rings (SSSR count). The van der Waals surface area contributed by atoms with E-state index in [4.69, 9.17) is 4.74 Å². The van der Waals surface area contributed by atoms with Gasteiger partial charge in [-0.1, -0.05) is 12.1 Å². The molecule has 6 aromatic rings. The van der Waals surface area contributed by atoms with E-state index in [1.54, 1.807) is 0 Å². The second-order valence-corrected chi connectivity index (χ2v) is 17.2. The van der Waals surface area contributed by atoms with E-state index >= 15 is 8.78 Å². The zero-order valence-corrected chi connectivity index (χ0v) is 32.8. The number of nitrogens with zero attached hydrogens (tertiary/aromatic N) is 5. The third kappa shape index (κ3) is 7.22. The van der Waals surface area contributed by atoms with E-state index in [-0.39, 0.29) is 76.7 Å². The first-order chi connectivity index (χ1) is 29.5. The molecule has 1 saturated carbocycles. The third-order valence-electron chi connectivity index (χ3n) is 11.3. The quantitative estimate of drug-likeness (QED) is 0.138. The fraction of sp³-hybridized carbons (Fsp3) is 0.286. The lowest BCUT2D eigenvalue weighted by Gasteiger charge is -2.26. The van der Waals surface area contributed by atoms with Gasteiger partial charge in [0.15, 0.2) is 0 Å². The second-order valence-electron chi connectivity index (χ2n) is 15.2. The van der Waals surface area contributed by atoms with Crippen molar-refractivity contribution in [1.82, 2.24) is 29.0 Å². The number of halogens is 8. The summed E-state index contributed by atoms with van der Waals surface area (Å²) in [5, 5.41) is 6.14. The summed E-state index contributed by atoms with van der Waals surface area (Å²) in [4.78, 5) is 33.1. The lowest BCUT2D eigenvalue weighted by atomic mass is 10.0. The minimum atomic E-state index is -4.03. The van der Waals surface area contributed by atoms with Crippen molar-refractivity contribution in [3.8, 4) is 16.8 Å². The van der Waals surface area contributed by atoms with E-state index in [2.05, 4.69) is 15.4 Å². The number of carbonyl (C=O) groups excluding carboxylic acids is 1. The number of fused-ring (bicyclic) bond motifs is 4. The molecule has 0 bridgehead atoms. The monoisotopic (exact) mass is 884 g/mol. The summed E-state index contributed by atoms with van der Waals surface area (Å²) < 4.78 is 153. The number of sulfonamides is 1. The minimum Gasteiger partial charge on any atom is -0.379 e. The zero-order chi connectivity index (χ0) is 43.8. The summed E-state index contributed by atoms with van der Waals surface area (Å²) in [6, 6.07) is 12.8. The maximum Gasteiger partial charge on any atom is 0.293 e. The summed E-state index contributed by atoms with van der Waals surface area (Å²) in [5.74, 6) is -11.0. The number of nitrogens with one attached hydrogen (secondary N) is 1. The van der Waals surface area contributed by atoms with Crippen LogP contribution in [0, 0.1) is 29.2 Å². The highest BCUT2D eigenvalue weighted by Crippen LogP contribution is 2.68. The first kappa shape index (κ1) is 41.4. The van der Waals surface area contributed by atoms with Crippen LogP contribution in [0.1, 0.15) is 53.1 Å². The highest BCUT2D eigenvalue weighted by Gasteiger charge is 2.67. The summed E-state index contributed by atoms with van der Waals surface area (Å²) >= 11 is 0. The Hall–Kier alpha value is -5.99. The maximum atomic E-state index is 15.4. The molecule has 3 heterocycles. The number of ether oxygens (including phenoxy) is 1. The number of benzene rings is 4. The van der Waals surface area contributed by atoms with Gasteiger partial charge < -0.3 is 10.1 Å². The van der Waals surface area contributed by atoms with E-state index in [0.29, 0.717) is 10.7 Å². The highest BCUT2D eigenvalue weighted by atomic mass is 32.2. The molecule has 1 aliphatic heterocycles. The Morgan fingerprint density at radius 2 is 1.60 bits per heavy atom. The molecule has 2 aliphatic carbocycles. The lowest BCUT2D eigenvalue weighted by Crippen LogP contribution is -2.40. The van der Waals surface area contributed by atoms with Gasteiger partial charge in [0.2, 0.25) is 15.9 Å². The Morgan fingerprint density at radius 3 is 2.26 bits per heavy atom. The molecule has 2 unspecified atom stereocenters. The molecule has 20 heteroatoms.